The quantitative estimate of drug-likeness (QED) is 0.775. The summed E-state index contributed by atoms with van der Waals surface area (Å²) in [7, 11) is 0. The Morgan fingerprint density at radius 2 is 2.00 bits per heavy atom. The van der Waals surface area contributed by atoms with Crippen LogP contribution in [-0.2, 0) is 4.79 Å². The van der Waals surface area contributed by atoms with Gasteiger partial charge in [-0.15, -0.1) is 0 Å². The maximum absolute atomic E-state index is 12.3. The highest BCUT2D eigenvalue weighted by atomic mass is 16.2. The molecule has 3 heteroatoms. The molecule has 2 saturated carbocycles. The maximum Gasteiger partial charge on any atom is 0.240 e. The van der Waals surface area contributed by atoms with Crippen LogP contribution in [0.1, 0.15) is 58.8 Å². The Morgan fingerprint density at radius 3 is 2.59 bits per heavy atom. The molecule has 3 nitrogen and oxygen atoms in total. The highest BCUT2D eigenvalue weighted by Crippen LogP contribution is 2.32. The van der Waals surface area contributed by atoms with E-state index in [0.29, 0.717) is 17.9 Å². The molecule has 17 heavy (non-hydrogen) atoms. The summed E-state index contributed by atoms with van der Waals surface area (Å²) in [5.74, 6) is 1.30. The van der Waals surface area contributed by atoms with Crippen molar-refractivity contribution >= 4 is 5.91 Å². The monoisotopic (exact) mass is 238 g/mol. The number of rotatable bonds is 2. The van der Waals surface area contributed by atoms with E-state index in [0.717, 1.165) is 25.7 Å². The standard InChI is InChI=1S/C14H26N2O/c1-10-5-4-8-14(15,9-10)13(17)16-12-7-3-6-11(12)2/h10-12H,3-9,15H2,1-2H3,(H,16,17). The number of hydrogen-bond acceptors (Lipinski definition) is 2. The van der Waals surface area contributed by atoms with Crippen molar-refractivity contribution in [2.75, 3.05) is 0 Å². The maximum atomic E-state index is 12.3. The van der Waals surface area contributed by atoms with Gasteiger partial charge in [0.05, 0.1) is 5.54 Å². The molecule has 2 aliphatic rings. The Morgan fingerprint density at radius 1 is 1.24 bits per heavy atom. The summed E-state index contributed by atoms with van der Waals surface area (Å²) >= 11 is 0. The molecule has 0 bridgehead atoms. The van der Waals surface area contributed by atoms with Gasteiger partial charge in [-0.3, -0.25) is 4.79 Å². The zero-order valence-electron chi connectivity index (χ0n) is 11.2. The summed E-state index contributed by atoms with van der Waals surface area (Å²) in [5.41, 5.74) is 5.71. The Balaban J connectivity index is 1.94. The van der Waals surface area contributed by atoms with Crippen LogP contribution >= 0.6 is 0 Å². The lowest BCUT2D eigenvalue weighted by Gasteiger charge is -2.36. The van der Waals surface area contributed by atoms with Gasteiger partial charge in [0, 0.05) is 6.04 Å². The zero-order valence-corrected chi connectivity index (χ0v) is 11.2. The SMILES string of the molecule is CC1CCCC(N)(C(=O)NC2CCCC2C)C1. The summed E-state index contributed by atoms with van der Waals surface area (Å²) in [6.45, 7) is 4.43. The molecular weight excluding hydrogens is 212 g/mol. The number of carbonyl (C=O) groups excluding carboxylic acids is 1. The minimum absolute atomic E-state index is 0.0998. The fourth-order valence-electron chi connectivity index (χ4n) is 3.47. The molecule has 0 saturated heterocycles. The topological polar surface area (TPSA) is 55.1 Å². The summed E-state index contributed by atoms with van der Waals surface area (Å²) in [4.78, 5) is 12.3. The van der Waals surface area contributed by atoms with Gasteiger partial charge in [-0.2, -0.15) is 0 Å². The molecule has 0 heterocycles. The summed E-state index contributed by atoms with van der Waals surface area (Å²) in [5, 5.41) is 3.20. The summed E-state index contributed by atoms with van der Waals surface area (Å²) in [6.07, 6.45) is 7.60. The van der Waals surface area contributed by atoms with Gasteiger partial charge in [0.15, 0.2) is 0 Å². The smallest absolute Gasteiger partial charge is 0.240 e. The van der Waals surface area contributed by atoms with Gasteiger partial charge in [0.2, 0.25) is 5.91 Å². The van der Waals surface area contributed by atoms with Crippen LogP contribution in [0.4, 0.5) is 0 Å². The molecule has 1 amide bonds. The van der Waals surface area contributed by atoms with Gasteiger partial charge in [0.1, 0.15) is 0 Å². The van der Waals surface area contributed by atoms with Crippen molar-refractivity contribution in [1.29, 1.82) is 0 Å². The van der Waals surface area contributed by atoms with Crippen LogP contribution in [-0.4, -0.2) is 17.5 Å². The van der Waals surface area contributed by atoms with Crippen molar-refractivity contribution in [3.8, 4) is 0 Å². The first-order valence-corrected chi connectivity index (χ1v) is 7.11. The molecule has 2 aliphatic carbocycles. The predicted molar refractivity (Wildman–Crippen MR) is 69.5 cm³/mol. The van der Waals surface area contributed by atoms with E-state index in [9.17, 15) is 4.79 Å². The molecule has 0 aliphatic heterocycles. The molecule has 4 atom stereocenters. The van der Waals surface area contributed by atoms with Crippen molar-refractivity contribution in [2.45, 2.75) is 70.4 Å². The molecule has 0 radical (unpaired) electrons. The van der Waals surface area contributed by atoms with E-state index in [1.807, 2.05) is 0 Å². The fraction of sp³-hybridized carbons (Fsp3) is 0.929. The van der Waals surface area contributed by atoms with Crippen molar-refractivity contribution in [1.82, 2.24) is 5.32 Å². The van der Waals surface area contributed by atoms with E-state index in [4.69, 9.17) is 5.73 Å². The Bertz CT molecular complexity index is 292. The van der Waals surface area contributed by atoms with Gasteiger partial charge < -0.3 is 11.1 Å². The second kappa shape index (κ2) is 4.97. The van der Waals surface area contributed by atoms with Crippen LogP contribution in [0.25, 0.3) is 0 Å². The third-order valence-electron chi connectivity index (χ3n) is 4.66. The van der Waals surface area contributed by atoms with Crippen molar-refractivity contribution in [3.63, 3.8) is 0 Å². The second-order valence-corrected chi connectivity index (χ2v) is 6.35. The van der Waals surface area contributed by atoms with Crippen LogP contribution < -0.4 is 11.1 Å². The van der Waals surface area contributed by atoms with Crippen molar-refractivity contribution in [3.05, 3.63) is 0 Å². The molecule has 0 spiro atoms. The molecule has 98 valence electrons. The van der Waals surface area contributed by atoms with E-state index in [-0.39, 0.29) is 5.91 Å². The largest absolute Gasteiger partial charge is 0.352 e. The number of nitrogens with two attached hydrogens (primary N) is 1. The fourth-order valence-corrected chi connectivity index (χ4v) is 3.47. The summed E-state index contributed by atoms with van der Waals surface area (Å²) < 4.78 is 0. The van der Waals surface area contributed by atoms with E-state index >= 15 is 0 Å². The Hall–Kier alpha value is -0.570. The molecule has 3 N–H and O–H groups in total. The number of hydrogen-bond donors (Lipinski definition) is 2. The molecule has 2 rings (SSSR count). The van der Waals surface area contributed by atoms with Crippen LogP contribution in [0.3, 0.4) is 0 Å². The second-order valence-electron chi connectivity index (χ2n) is 6.35. The lowest BCUT2D eigenvalue weighted by molar-refractivity contribution is -0.129. The molecule has 4 unspecified atom stereocenters. The van der Waals surface area contributed by atoms with Crippen LogP contribution in [0, 0.1) is 11.8 Å². The highest BCUT2D eigenvalue weighted by Gasteiger charge is 2.39. The first-order chi connectivity index (χ1) is 8.01. The minimum Gasteiger partial charge on any atom is -0.352 e. The number of carbonyl (C=O) groups is 1. The van der Waals surface area contributed by atoms with E-state index in [1.165, 1.54) is 19.3 Å². The molecule has 0 aromatic rings. The Labute approximate surface area is 105 Å². The van der Waals surface area contributed by atoms with Gasteiger partial charge in [-0.25, -0.2) is 0 Å². The average Bonchev–Trinajstić information content (AvgIpc) is 2.64. The van der Waals surface area contributed by atoms with Crippen LogP contribution in [0.2, 0.25) is 0 Å². The lowest BCUT2D eigenvalue weighted by Crippen LogP contribution is -2.58. The minimum atomic E-state index is -0.597. The average molecular weight is 238 g/mol. The highest BCUT2D eigenvalue weighted by molar-refractivity contribution is 5.86. The lowest BCUT2D eigenvalue weighted by atomic mass is 9.76. The predicted octanol–water partition coefficient (Wildman–Crippen LogP) is 2.20. The number of amides is 1. The number of nitrogens with one attached hydrogen (secondary N) is 1. The molecule has 2 fully saturated rings. The molecule has 0 aromatic carbocycles. The van der Waals surface area contributed by atoms with Crippen LogP contribution in [0.5, 0.6) is 0 Å². The van der Waals surface area contributed by atoms with Gasteiger partial charge >= 0.3 is 0 Å². The van der Waals surface area contributed by atoms with Gasteiger partial charge in [-0.05, 0) is 37.5 Å². The van der Waals surface area contributed by atoms with E-state index < -0.39 is 5.54 Å². The van der Waals surface area contributed by atoms with Gasteiger partial charge in [-0.1, -0.05) is 33.1 Å². The third-order valence-corrected chi connectivity index (χ3v) is 4.66. The summed E-state index contributed by atoms with van der Waals surface area (Å²) in [6, 6.07) is 0.361. The van der Waals surface area contributed by atoms with Crippen LogP contribution in [0.15, 0.2) is 0 Å². The van der Waals surface area contributed by atoms with Gasteiger partial charge in [0.25, 0.3) is 0 Å². The van der Waals surface area contributed by atoms with E-state index in [1.54, 1.807) is 0 Å². The van der Waals surface area contributed by atoms with Crippen molar-refractivity contribution in [2.24, 2.45) is 17.6 Å². The van der Waals surface area contributed by atoms with Crippen molar-refractivity contribution < 1.29 is 4.79 Å². The normalized spacial score (nSPS) is 42.4. The third kappa shape index (κ3) is 2.82. The van der Waals surface area contributed by atoms with E-state index in [2.05, 4.69) is 19.2 Å². The zero-order chi connectivity index (χ0) is 12.5. The Kier molecular flexibility index (Phi) is 3.76. The molecule has 0 aromatic heterocycles. The first kappa shape index (κ1) is 12.9. The molecular formula is C14H26N2O. The first-order valence-electron chi connectivity index (χ1n) is 7.11.